The van der Waals surface area contributed by atoms with Crippen LogP contribution in [0.5, 0.6) is 0 Å². The lowest BCUT2D eigenvalue weighted by atomic mass is 10.1. The first-order valence-electron chi connectivity index (χ1n) is 8.37. The third-order valence-corrected chi connectivity index (χ3v) is 5.02. The van der Waals surface area contributed by atoms with Crippen molar-refractivity contribution in [2.24, 2.45) is 7.05 Å². The average molecular weight is 379 g/mol. The third-order valence-electron chi connectivity index (χ3n) is 4.12. The van der Waals surface area contributed by atoms with Gasteiger partial charge in [0, 0.05) is 48.5 Å². The predicted molar refractivity (Wildman–Crippen MR) is 102 cm³/mol. The van der Waals surface area contributed by atoms with Crippen LogP contribution in [0.2, 0.25) is 0 Å². The zero-order valence-electron chi connectivity index (χ0n) is 14.6. The second-order valence-electron chi connectivity index (χ2n) is 5.86. The third kappa shape index (κ3) is 3.70. The molecule has 0 spiro atoms. The number of amides is 1. The molecule has 0 saturated carbocycles. The second kappa shape index (κ2) is 7.63. The van der Waals surface area contributed by atoms with Crippen LogP contribution < -0.4 is 5.32 Å². The van der Waals surface area contributed by atoms with Crippen molar-refractivity contribution >= 4 is 28.6 Å². The summed E-state index contributed by atoms with van der Waals surface area (Å²) in [6, 6.07) is 9.40. The number of imidazole rings is 1. The van der Waals surface area contributed by atoms with Crippen LogP contribution in [0.3, 0.4) is 0 Å². The Bertz CT molecular complexity index is 1070. The van der Waals surface area contributed by atoms with E-state index in [-0.39, 0.29) is 5.91 Å². The zero-order chi connectivity index (χ0) is 18.6. The van der Waals surface area contributed by atoms with Crippen molar-refractivity contribution in [1.29, 1.82) is 0 Å². The van der Waals surface area contributed by atoms with Gasteiger partial charge in [0.15, 0.2) is 10.9 Å². The molecule has 0 aliphatic carbocycles. The lowest BCUT2D eigenvalue weighted by molar-refractivity contribution is 0.0923. The number of carbonyl (C=O) groups is 1. The second-order valence-corrected chi connectivity index (χ2v) is 6.81. The largest absolute Gasteiger partial charge is 0.451 e. The minimum atomic E-state index is -0.265. The summed E-state index contributed by atoms with van der Waals surface area (Å²) in [5, 5.41) is 4.46. The van der Waals surface area contributed by atoms with E-state index < -0.39 is 0 Å². The number of carbonyl (C=O) groups excluding carboxylic acids is 1. The van der Waals surface area contributed by atoms with Gasteiger partial charge in [-0.1, -0.05) is 30.0 Å². The average Bonchev–Trinajstić information content (AvgIpc) is 3.28. The van der Waals surface area contributed by atoms with Crippen LogP contribution in [0.15, 0.2) is 64.7 Å². The molecule has 1 N–H and O–H groups in total. The normalized spacial score (nSPS) is 11.0. The first-order valence-corrected chi connectivity index (χ1v) is 9.35. The maximum absolute atomic E-state index is 12.8. The van der Waals surface area contributed by atoms with Crippen molar-refractivity contribution in [2.45, 2.75) is 17.5 Å². The molecule has 0 aliphatic heterocycles. The Labute approximate surface area is 159 Å². The zero-order valence-corrected chi connectivity index (χ0v) is 15.4. The Hall–Kier alpha value is -3.13. The molecule has 1 aromatic carbocycles. The molecular formula is C19H17N5O2S. The predicted octanol–water partition coefficient (Wildman–Crippen LogP) is 3.18. The van der Waals surface area contributed by atoms with Crippen molar-refractivity contribution in [3.05, 3.63) is 72.3 Å². The topological polar surface area (TPSA) is 85.8 Å². The van der Waals surface area contributed by atoms with Gasteiger partial charge in [-0.05, 0) is 12.1 Å². The lowest BCUT2D eigenvalue weighted by Gasteiger charge is -2.05. The van der Waals surface area contributed by atoms with Gasteiger partial charge in [0.1, 0.15) is 11.4 Å². The fraction of sp³-hybridized carbons (Fsp3) is 0.158. The van der Waals surface area contributed by atoms with E-state index in [1.54, 1.807) is 24.7 Å². The summed E-state index contributed by atoms with van der Waals surface area (Å²) >= 11 is 1.46. The summed E-state index contributed by atoms with van der Waals surface area (Å²) in [6.45, 7) is 0.327. The smallest absolute Gasteiger partial charge is 0.287 e. The number of hydrogen-bond acceptors (Lipinski definition) is 6. The molecule has 0 saturated heterocycles. The Morgan fingerprint density at radius 1 is 1.15 bits per heavy atom. The molecule has 0 fully saturated rings. The number of aryl methyl sites for hydroxylation is 1. The molecule has 0 unspecified atom stereocenters. The molecule has 0 atom stereocenters. The van der Waals surface area contributed by atoms with Crippen LogP contribution in [-0.2, 0) is 19.3 Å². The van der Waals surface area contributed by atoms with Gasteiger partial charge in [0.2, 0.25) is 0 Å². The number of hydrogen-bond donors (Lipinski definition) is 1. The van der Waals surface area contributed by atoms with Gasteiger partial charge < -0.3 is 14.3 Å². The number of rotatable bonds is 6. The summed E-state index contributed by atoms with van der Waals surface area (Å²) in [5.74, 6) is 1.35. The summed E-state index contributed by atoms with van der Waals surface area (Å²) in [7, 11) is 1.89. The Balaban J connectivity index is 1.59. The maximum atomic E-state index is 12.8. The van der Waals surface area contributed by atoms with Crippen LogP contribution in [0.25, 0.3) is 11.0 Å². The highest BCUT2D eigenvalue weighted by atomic mass is 32.2. The number of thioether (sulfide) groups is 1. The monoisotopic (exact) mass is 379 g/mol. The van der Waals surface area contributed by atoms with Gasteiger partial charge in [-0.25, -0.2) is 15.0 Å². The highest BCUT2D eigenvalue weighted by Gasteiger charge is 2.21. The molecule has 8 heteroatoms. The summed E-state index contributed by atoms with van der Waals surface area (Å²) in [6.07, 6.45) is 6.93. The van der Waals surface area contributed by atoms with E-state index in [1.807, 2.05) is 42.1 Å². The van der Waals surface area contributed by atoms with Crippen LogP contribution in [-0.4, -0.2) is 25.4 Å². The van der Waals surface area contributed by atoms with Gasteiger partial charge in [0.05, 0.1) is 6.54 Å². The molecule has 0 radical (unpaired) electrons. The Kier molecular flexibility index (Phi) is 4.88. The van der Waals surface area contributed by atoms with Crippen molar-refractivity contribution in [1.82, 2.24) is 24.8 Å². The highest BCUT2D eigenvalue weighted by Crippen LogP contribution is 2.31. The molecule has 3 aromatic heterocycles. The van der Waals surface area contributed by atoms with E-state index in [2.05, 4.69) is 20.3 Å². The quantitative estimate of drug-likeness (QED) is 0.409. The van der Waals surface area contributed by atoms with E-state index >= 15 is 0 Å². The van der Waals surface area contributed by atoms with Crippen molar-refractivity contribution in [2.75, 3.05) is 0 Å². The van der Waals surface area contributed by atoms with E-state index in [4.69, 9.17) is 4.42 Å². The number of benzene rings is 1. The molecule has 136 valence electrons. The van der Waals surface area contributed by atoms with Crippen LogP contribution in [0, 0.1) is 0 Å². The summed E-state index contributed by atoms with van der Waals surface area (Å²) in [5.41, 5.74) is 1.52. The number of furan rings is 1. The Morgan fingerprint density at radius 3 is 2.74 bits per heavy atom. The first kappa shape index (κ1) is 17.3. The molecular weight excluding hydrogens is 362 g/mol. The van der Waals surface area contributed by atoms with E-state index in [0.29, 0.717) is 28.8 Å². The SMILES string of the molecule is Cn1ccnc1CNC(=O)c1oc2ccccc2c1CSc1ncccn1. The number of nitrogens with zero attached hydrogens (tertiary/aromatic N) is 4. The Morgan fingerprint density at radius 2 is 1.96 bits per heavy atom. The van der Waals surface area contributed by atoms with Crippen LogP contribution in [0.4, 0.5) is 0 Å². The van der Waals surface area contributed by atoms with E-state index in [1.165, 1.54) is 11.8 Å². The van der Waals surface area contributed by atoms with E-state index in [0.717, 1.165) is 16.8 Å². The number of aromatic nitrogens is 4. The highest BCUT2D eigenvalue weighted by molar-refractivity contribution is 7.98. The molecule has 4 rings (SSSR count). The summed E-state index contributed by atoms with van der Waals surface area (Å²) in [4.78, 5) is 25.4. The summed E-state index contributed by atoms with van der Waals surface area (Å²) < 4.78 is 7.72. The number of nitrogens with one attached hydrogen (secondary N) is 1. The van der Waals surface area contributed by atoms with Crippen molar-refractivity contribution < 1.29 is 9.21 Å². The fourth-order valence-corrected chi connectivity index (χ4v) is 3.56. The van der Waals surface area contributed by atoms with Crippen molar-refractivity contribution in [3.63, 3.8) is 0 Å². The first-order chi connectivity index (χ1) is 13.2. The minimum Gasteiger partial charge on any atom is -0.451 e. The van der Waals surface area contributed by atoms with Crippen LogP contribution >= 0.6 is 11.8 Å². The molecule has 7 nitrogen and oxygen atoms in total. The fourth-order valence-electron chi connectivity index (χ4n) is 2.73. The minimum absolute atomic E-state index is 0.265. The van der Waals surface area contributed by atoms with Gasteiger partial charge in [-0.15, -0.1) is 0 Å². The van der Waals surface area contributed by atoms with Crippen molar-refractivity contribution in [3.8, 4) is 0 Å². The molecule has 0 bridgehead atoms. The standard InChI is InChI=1S/C19H17N5O2S/c1-24-10-9-20-16(24)11-23-18(25)17-14(12-27-19-21-7-4-8-22-19)13-5-2-3-6-15(13)26-17/h2-10H,11-12H2,1H3,(H,23,25). The van der Waals surface area contributed by atoms with E-state index in [9.17, 15) is 4.79 Å². The molecule has 4 aromatic rings. The van der Waals surface area contributed by atoms with Gasteiger partial charge >= 0.3 is 0 Å². The lowest BCUT2D eigenvalue weighted by Crippen LogP contribution is -2.24. The number of fused-ring (bicyclic) bond motifs is 1. The van der Waals surface area contributed by atoms with Gasteiger partial charge in [-0.3, -0.25) is 4.79 Å². The molecule has 1 amide bonds. The molecule has 27 heavy (non-hydrogen) atoms. The molecule has 3 heterocycles. The number of para-hydroxylation sites is 1. The van der Waals surface area contributed by atoms with Gasteiger partial charge in [-0.2, -0.15) is 0 Å². The molecule has 0 aliphatic rings. The van der Waals surface area contributed by atoms with Crippen LogP contribution in [0.1, 0.15) is 21.9 Å². The van der Waals surface area contributed by atoms with Gasteiger partial charge in [0.25, 0.3) is 5.91 Å². The maximum Gasteiger partial charge on any atom is 0.287 e.